The summed E-state index contributed by atoms with van der Waals surface area (Å²) in [5.74, 6) is 1.79. The molecule has 1 unspecified atom stereocenters. The molecular formula is C17H16N4O2S. The van der Waals surface area contributed by atoms with Crippen molar-refractivity contribution in [3.8, 4) is 0 Å². The highest BCUT2D eigenvalue weighted by Gasteiger charge is 2.37. The third-order valence-corrected chi connectivity index (χ3v) is 5.70. The summed E-state index contributed by atoms with van der Waals surface area (Å²) in [7, 11) is 0. The van der Waals surface area contributed by atoms with Crippen molar-refractivity contribution < 1.29 is 9.32 Å². The van der Waals surface area contributed by atoms with E-state index in [9.17, 15) is 4.79 Å². The molecule has 1 atom stereocenters. The maximum absolute atomic E-state index is 12.9. The van der Waals surface area contributed by atoms with Crippen LogP contribution in [-0.4, -0.2) is 32.5 Å². The second kappa shape index (κ2) is 5.37. The molecule has 1 amide bonds. The van der Waals surface area contributed by atoms with Crippen molar-refractivity contribution in [1.82, 2.24) is 20.0 Å². The average molecular weight is 340 g/mol. The van der Waals surface area contributed by atoms with E-state index in [0.717, 1.165) is 41.7 Å². The molecule has 2 aromatic heterocycles. The Bertz CT molecular complexity index is 881. The van der Waals surface area contributed by atoms with Crippen molar-refractivity contribution >= 4 is 27.5 Å². The Morgan fingerprint density at radius 3 is 2.92 bits per heavy atom. The van der Waals surface area contributed by atoms with E-state index in [1.807, 2.05) is 29.2 Å². The van der Waals surface area contributed by atoms with Gasteiger partial charge in [0.25, 0.3) is 5.91 Å². The molecule has 0 bridgehead atoms. The lowest BCUT2D eigenvalue weighted by atomic mass is 10.2. The van der Waals surface area contributed by atoms with Crippen LogP contribution >= 0.6 is 11.3 Å². The molecule has 1 saturated carbocycles. The van der Waals surface area contributed by atoms with Crippen molar-refractivity contribution in [1.29, 1.82) is 0 Å². The van der Waals surface area contributed by atoms with Gasteiger partial charge in [-0.15, -0.1) is 11.3 Å². The summed E-state index contributed by atoms with van der Waals surface area (Å²) in [6, 6.07) is 7.71. The Balaban J connectivity index is 1.44. The Labute approximate surface area is 142 Å². The minimum atomic E-state index is -0.121. The molecule has 2 aliphatic rings. The van der Waals surface area contributed by atoms with E-state index >= 15 is 0 Å². The molecular weight excluding hydrogens is 324 g/mol. The molecule has 5 rings (SSSR count). The summed E-state index contributed by atoms with van der Waals surface area (Å²) in [6.07, 6.45) is 4.08. The van der Waals surface area contributed by atoms with E-state index in [-0.39, 0.29) is 11.9 Å². The number of carbonyl (C=O) groups is 1. The van der Waals surface area contributed by atoms with Crippen LogP contribution in [0.4, 0.5) is 0 Å². The van der Waals surface area contributed by atoms with Crippen LogP contribution in [0.2, 0.25) is 0 Å². The van der Waals surface area contributed by atoms with Crippen LogP contribution in [-0.2, 0) is 0 Å². The van der Waals surface area contributed by atoms with E-state index in [1.165, 1.54) is 11.3 Å². The number of hydrogen-bond acceptors (Lipinski definition) is 6. The lowest BCUT2D eigenvalue weighted by Crippen LogP contribution is -2.30. The van der Waals surface area contributed by atoms with Crippen molar-refractivity contribution in [3.05, 3.63) is 41.0 Å². The van der Waals surface area contributed by atoms with Gasteiger partial charge in [0.1, 0.15) is 6.04 Å². The summed E-state index contributed by atoms with van der Waals surface area (Å²) < 4.78 is 6.49. The number of rotatable bonds is 3. The number of para-hydroxylation sites is 1. The predicted molar refractivity (Wildman–Crippen MR) is 88.9 cm³/mol. The smallest absolute Gasteiger partial charge is 0.283 e. The van der Waals surface area contributed by atoms with Crippen LogP contribution in [0.1, 0.15) is 59.2 Å². The second-order valence-corrected chi connectivity index (χ2v) is 7.44. The van der Waals surface area contributed by atoms with E-state index in [0.29, 0.717) is 23.4 Å². The number of thiazole rings is 1. The molecule has 1 aliphatic carbocycles. The zero-order chi connectivity index (χ0) is 16.1. The standard InChI is InChI=1S/C17H16N4O2S/c22-17(16-18-11-4-1-2-6-13(11)24-16)21-9-3-5-12(21)15-19-14(20-23-15)10-7-8-10/h1-2,4,6,10,12H,3,5,7-9H2. The summed E-state index contributed by atoms with van der Waals surface area (Å²) in [4.78, 5) is 23.8. The normalized spacial score (nSPS) is 20.8. The van der Waals surface area contributed by atoms with Gasteiger partial charge in [-0.1, -0.05) is 17.3 Å². The lowest BCUT2D eigenvalue weighted by Gasteiger charge is -2.20. The highest BCUT2D eigenvalue weighted by Crippen LogP contribution is 2.40. The Morgan fingerprint density at radius 2 is 2.08 bits per heavy atom. The zero-order valence-corrected chi connectivity index (χ0v) is 13.8. The van der Waals surface area contributed by atoms with Gasteiger partial charge in [-0.05, 0) is 37.8 Å². The molecule has 0 spiro atoms. The first-order valence-electron chi connectivity index (χ1n) is 8.29. The fourth-order valence-electron chi connectivity index (χ4n) is 3.24. The second-order valence-electron chi connectivity index (χ2n) is 6.41. The van der Waals surface area contributed by atoms with Crippen LogP contribution in [0.25, 0.3) is 10.2 Å². The lowest BCUT2D eigenvalue weighted by molar-refractivity contribution is 0.0710. The maximum Gasteiger partial charge on any atom is 0.283 e. The third kappa shape index (κ3) is 2.31. The van der Waals surface area contributed by atoms with Gasteiger partial charge < -0.3 is 9.42 Å². The van der Waals surface area contributed by atoms with Gasteiger partial charge >= 0.3 is 0 Å². The van der Waals surface area contributed by atoms with Crippen LogP contribution in [0, 0.1) is 0 Å². The fraction of sp³-hybridized carbons (Fsp3) is 0.412. The average Bonchev–Trinajstić information content (AvgIpc) is 3.06. The van der Waals surface area contributed by atoms with Gasteiger partial charge in [-0.2, -0.15) is 4.98 Å². The topological polar surface area (TPSA) is 72.1 Å². The van der Waals surface area contributed by atoms with Gasteiger partial charge in [-0.3, -0.25) is 4.79 Å². The van der Waals surface area contributed by atoms with Crippen LogP contribution in [0.5, 0.6) is 0 Å². The largest absolute Gasteiger partial charge is 0.337 e. The molecule has 1 aliphatic heterocycles. The van der Waals surface area contributed by atoms with E-state index < -0.39 is 0 Å². The number of likely N-dealkylation sites (tertiary alicyclic amines) is 1. The first kappa shape index (κ1) is 14.1. The Hall–Kier alpha value is -2.28. The number of hydrogen-bond donors (Lipinski definition) is 0. The number of amides is 1. The van der Waals surface area contributed by atoms with Gasteiger partial charge in [0.2, 0.25) is 5.89 Å². The summed E-state index contributed by atoms with van der Waals surface area (Å²) in [5, 5.41) is 4.62. The molecule has 0 radical (unpaired) electrons. The van der Waals surface area contributed by atoms with Crippen molar-refractivity contribution in [2.45, 2.75) is 37.6 Å². The van der Waals surface area contributed by atoms with Crippen LogP contribution < -0.4 is 0 Å². The highest BCUT2D eigenvalue weighted by molar-refractivity contribution is 7.20. The molecule has 0 N–H and O–H groups in total. The first-order chi connectivity index (χ1) is 11.8. The molecule has 24 heavy (non-hydrogen) atoms. The zero-order valence-electron chi connectivity index (χ0n) is 13.0. The molecule has 2 fully saturated rings. The summed E-state index contributed by atoms with van der Waals surface area (Å²) in [5.41, 5.74) is 0.871. The number of benzene rings is 1. The summed E-state index contributed by atoms with van der Waals surface area (Å²) in [6.45, 7) is 0.709. The van der Waals surface area contributed by atoms with E-state index in [2.05, 4.69) is 15.1 Å². The maximum atomic E-state index is 12.9. The van der Waals surface area contributed by atoms with Gasteiger partial charge in [0, 0.05) is 12.5 Å². The molecule has 3 heterocycles. The van der Waals surface area contributed by atoms with Gasteiger partial charge in [0.05, 0.1) is 10.2 Å². The molecule has 7 heteroatoms. The van der Waals surface area contributed by atoms with Crippen molar-refractivity contribution in [3.63, 3.8) is 0 Å². The Morgan fingerprint density at radius 1 is 1.21 bits per heavy atom. The molecule has 6 nitrogen and oxygen atoms in total. The third-order valence-electron chi connectivity index (χ3n) is 4.68. The number of aromatic nitrogens is 3. The van der Waals surface area contributed by atoms with Crippen LogP contribution in [0.3, 0.4) is 0 Å². The highest BCUT2D eigenvalue weighted by atomic mass is 32.1. The van der Waals surface area contributed by atoms with Gasteiger partial charge in [0.15, 0.2) is 10.8 Å². The number of fused-ring (bicyclic) bond motifs is 1. The monoisotopic (exact) mass is 340 g/mol. The SMILES string of the molecule is O=C(c1nc2ccccc2s1)N1CCCC1c1nc(C2CC2)no1. The predicted octanol–water partition coefficient (Wildman–Crippen LogP) is 3.53. The quantitative estimate of drug-likeness (QED) is 0.729. The Kier molecular flexibility index (Phi) is 3.16. The first-order valence-corrected chi connectivity index (χ1v) is 9.11. The molecule has 1 aromatic carbocycles. The molecule has 3 aromatic rings. The van der Waals surface area contributed by atoms with Gasteiger partial charge in [-0.25, -0.2) is 4.98 Å². The molecule has 1 saturated heterocycles. The van der Waals surface area contributed by atoms with Crippen LogP contribution in [0.15, 0.2) is 28.8 Å². The minimum Gasteiger partial charge on any atom is -0.337 e. The van der Waals surface area contributed by atoms with E-state index in [4.69, 9.17) is 4.52 Å². The minimum absolute atomic E-state index is 0.0372. The summed E-state index contributed by atoms with van der Waals surface area (Å²) >= 11 is 1.44. The van der Waals surface area contributed by atoms with E-state index in [1.54, 1.807) is 0 Å². The fourth-order valence-corrected chi connectivity index (χ4v) is 4.16. The number of carbonyl (C=O) groups excluding carboxylic acids is 1. The van der Waals surface area contributed by atoms with Crippen molar-refractivity contribution in [2.24, 2.45) is 0 Å². The van der Waals surface area contributed by atoms with Crippen molar-refractivity contribution in [2.75, 3.05) is 6.54 Å². The molecule has 122 valence electrons. The number of nitrogens with zero attached hydrogens (tertiary/aromatic N) is 4.